The van der Waals surface area contributed by atoms with Crippen molar-refractivity contribution in [2.45, 2.75) is 0 Å². The van der Waals surface area contributed by atoms with Crippen LogP contribution < -0.4 is 10.1 Å². The van der Waals surface area contributed by atoms with Gasteiger partial charge in [-0.15, -0.1) is 0 Å². The Morgan fingerprint density at radius 3 is 2.17 bits per heavy atom. The predicted octanol–water partition coefficient (Wildman–Crippen LogP) is 4.61. The van der Waals surface area contributed by atoms with Crippen LogP contribution in [0.4, 0.5) is 5.69 Å². The average Bonchev–Trinajstić information content (AvgIpc) is 2.50. The Hall–Kier alpha value is -1.95. The molecule has 0 aliphatic rings. The van der Waals surface area contributed by atoms with E-state index < -0.39 is 11.9 Å². The Morgan fingerprint density at radius 2 is 1.65 bits per heavy atom. The minimum atomic E-state index is -1.18. The first-order valence-corrected chi connectivity index (χ1v) is 7.34. The first-order valence-electron chi connectivity index (χ1n) is 6.20. The monoisotopic (exact) mass is 373 g/mol. The van der Waals surface area contributed by atoms with Crippen molar-refractivity contribution in [1.82, 2.24) is 0 Å². The molecule has 0 aromatic heterocycles. The van der Waals surface area contributed by atoms with Crippen LogP contribution in [0.2, 0.25) is 15.1 Å². The largest absolute Gasteiger partial charge is 0.497 e. The molecule has 8 heteroatoms. The molecule has 0 fully saturated rings. The van der Waals surface area contributed by atoms with Crippen molar-refractivity contribution in [3.63, 3.8) is 0 Å². The van der Waals surface area contributed by atoms with Gasteiger partial charge in [-0.2, -0.15) is 0 Å². The van der Waals surface area contributed by atoms with E-state index in [9.17, 15) is 9.59 Å². The van der Waals surface area contributed by atoms with E-state index in [0.29, 0.717) is 5.75 Å². The van der Waals surface area contributed by atoms with Crippen molar-refractivity contribution in [1.29, 1.82) is 0 Å². The highest BCUT2D eigenvalue weighted by Gasteiger charge is 2.17. The summed E-state index contributed by atoms with van der Waals surface area (Å²) in [6, 6.07) is 6.98. The molecule has 2 N–H and O–H groups in total. The molecule has 0 unspecified atom stereocenters. The summed E-state index contributed by atoms with van der Waals surface area (Å²) in [4.78, 5) is 23.3. The first-order chi connectivity index (χ1) is 10.8. The van der Waals surface area contributed by atoms with Gasteiger partial charge in [-0.25, -0.2) is 4.79 Å². The number of aromatic carboxylic acids is 1. The van der Waals surface area contributed by atoms with E-state index in [2.05, 4.69) is 5.32 Å². The summed E-state index contributed by atoms with van der Waals surface area (Å²) in [6.07, 6.45) is 0. The summed E-state index contributed by atoms with van der Waals surface area (Å²) in [5.41, 5.74) is 0.181. The lowest BCUT2D eigenvalue weighted by Crippen LogP contribution is -2.14. The van der Waals surface area contributed by atoms with Gasteiger partial charge in [0.15, 0.2) is 0 Å². The number of benzene rings is 2. The van der Waals surface area contributed by atoms with Crippen LogP contribution in [0.3, 0.4) is 0 Å². The summed E-state index contributed by atoms with van der Waals surface area (Å²) in [6.45, 7) is 0. The third-order valence-corrected chi connectivity index (χ3v) is 3.87. The SMILES string of the molecule is COc1ccc(Cl)c(C(=O)Nc2c(Cl)cc(C(=O)O)cc2Cl)c1. The summed E-state index contributed by atoms with van der Waals surface area (Å²) >= 11 is 18.0. The molecule has 0 aliphatic carbocycles. The fraction of sp³-hybridized carbons (Fsp3) is 0.0667. The molecule has 120 valence electrons. The molecule has 5 nitrogen and oxygen atoms in total. The van der Waals surface area contributed by atoms with E-state index in [-0.39, 0.29) is 31.9 Å². The summed E-state index contributed by atoms with van der Waals surface area (Å²) in [7, 11) is 1.46. The number of rotatable bonds is 4. The van der Waals surface area contributed by atoms with Crippen molar-refractivity contribution >= 4 is 52.4 Å². The van der Waals surface area contributed by atoms with Crippen molar-refractivity contribution in [3.05, 3.63) is 56.5 Å². The lowest BCUT2D eigenvalue weighted by atomic mass is 10.1. The third kappa shape index (κ3) is 3.88. The molecule has 2 aromatic rings. The molecule has 0 heterocycles. The maximum Gasteiger partial charge on any atom is 0.335 e. The van der Waals surface area contributed by atoms with Crippen molar-refractivity contribution in [2.24, 2.45) is 0 Å². The molecule has 0 aliphatic heterocycles. The van der Waals surface area contributed by atoms with E-state index in [1.165, 1.54) is 31.4 Å². The van der Waals surface area contributed by atoms with E-state index >= 15 is 0 Å². The number of carboxylic acids is 1. The van der Waals surface area contributed by atoms with Crippen molar-refractivity contribution in [2.75, 3.05) is 12.4 Å². The van der Waals surface area contributed by atoms with Crippen molar-refractivity contribution < 1.29 is 19.4 Å². The number of ether oxygens (including phenoxy) is 1. The second kappa shape index (κ2) is 7.08. The summed E-state index contributed by atoms with van der Waals surface area (Å²) in [5, 5.41) is 11.7. The molecular formula is C15H10Cl3NO4. The van der Waals surface area contributed by atoms with Gasteiger partial charge in [0.25, 0.3) is 5.91 Å². The molecule has 0 atom stereocenters. The molecule has 1 amide bonds. The highest BCUT2D eigenvalue weighted by molar-refractivity contribution is 6.41. The smallest absolute Gasteiger partial charge is 0.335 e. The van der Waals surface area contributed by atoms with Crippen LogP contribution in [0.5, 0.6) is 5.75 Å². The highest BCUT2D eigenvalue weighted by atomic mass is 35.5. The zero-order valence-electron chi connectivity index (χ0n) is 11.7. The minimum absolute atomic E-state index is 0.00210. The lowest BCUT2D eigenvalue weighted by molar-refractivity contribution is 0.0696. The summed E-state index contributed by atoms with van der Waals surface area (Å²) in [5.74, 6) is -1.28. The third-order valence-electron chi connectivity index (χ3n) is 2.95. The maximum absolute atomic E-state index is 12.3. The second-order valence-corrected chi connectivity index (χ2v) is 5.64. The number of carbonyl (C=O) groups excluding carboxylic acids is 1. The zero-order valence-corrected chi connectivity index (χ0v) is 14.0. The van der Waals surface area contributed by atoms with Gasteiger partial charge in [-0.3, -0.25) is 4.79 Å². The number of methoxy groups -OCH3 is 1. The number of hydrogen-bond acceptors (Lipinski definition) is 3. The predicted molar refractivity (Wildman–Crippen MR) is 89.4 cm³/mol. The van der Waals surface area contributed by atoms with E-state index in [4.69, 9.17) is 44.6 Å². The van der Waals surface area contributed by atoms with Gasteiger partial charge < -0.3 is 15.2 Å². The van der Waals surface area contributed by atoms with E-state index in [1.54, 1.807) is 6.07 Å². The molecule has 0 radical (unpaired) electrons. The number of hydrogen-bond donors (Lipinski definition) is 2. The first kappa shape index (κ1) is 17.4. The zero-order chi connectivity index (χ0) is 17.1. The van der Waals surface area contributed by atoms with Crippen LogP contribution in [-0.4, -0.2) is 24.1 Å². The topological polar surface area (TPSA) is 75.6 Å². The van der Waals surface area contributed by atoms with Gasteiger partial charge in [0.2, 0.25) is 0 Å². The van der Waals surface area contributed by atoms with Crippen LogP contribution >= 0.6 is 34.8 Å². The quantitative estimate of drug-likeness (QED) is 0.819. The second-order valence-electron chi connectivity index (χ2n) is 4.42. The maximum atomic E-state index is 12.3. The van der Waals surface area contributed by atoms with Crippen LogP contribution in [0.1, 0.15) is 20.7 Å². The Bertz CT molecular complexity index is 769. The van der Waals surface area contributed by atoms with Gasteiger partial charge in [-0.1, -0.05) is 34.8 Å². The van der Waals surface area contributed by atoms with Crippen LogP contribution in [0.25, 0.3) is 0 Å². The van der Waals surface area contributed by atoms with E-state index in [1.807, 2.05) is 0 Å². The number of carbonyl (C=O) groups is 2. The van der Waals surface area contributed by atoms with Crippen molar-refractivity contribution in [3.8, 4) is 5.75 Å². The fourth-order valence-corrected chi connectivity index (χ4v) is 2.59. The van der Waals surface area contributed by atoms with Gasteiger partial charge >= 0.3 is 5.97 Å². The Labute approximate surface area is 146 Å². The van der Waals surface area contributed by atoms with Crippen LogP contribution in [0, 0.1) is 0 Å². The molecule has 0 saturated heterocycles. The average molecular weight is 375 g/mol. The summed E-state index contributed by atoms with van der Waals surface area (Å²) < 4.78 is 5.04. The molecule has 0 bridgehead atoms. The fourth-order valence-electron chi connectivity index (χ4n) is 1.80. The molecule has 0 spiro atoms. The number of carboxylic acid groups (broad SMARTS) is 1. The molecular weight excluding hydrogens is 365 g/mol. The van der Waals surface area contributed by atoms with Gasteiger partial charge in [0.05, 0.1) is 39.0 Å². The Morgan fingerprint density at radius 1 is 1.04 bits per heavy atom. The van der Waals surface area contributed by atoms with Crippen LogP contribution in [0.15, 0.2) is 30.3 Å². The number of nitrogens with one attached hydrogen (secondary N) is 1. The number of amides is 1. The molecule has 0 saturated carbocycles. The lowest BCUT2D eigenvalue weighted by Gasteiger charge is -2.12. The normalized spacial score (nSPS) is 10.3. The van der Waals surface area contributed by atoms with E-state index in [0.717, 1.165) is 0 Å². The Balaban J connectivity index is 2.36. The number of halogens is 3. The van der Waals surface area contributed by atoms with Crippen LogP contribution in [-0.2, 0) is 0 Å². The number of anilines is 1. The molecule has 2 rings (SSSR count). The van der Waals surface area contributed by atoms with Gasteiger partial charge in [0, 0.05) is 0 Å². The van der Waals surface area contributed by atoms with Gasteiger partial charge in [-0.05, 0) is 30.3 Å². The highest BCUT2D eigenvalue weighted by Crippen LogP contribution is 2.33. The molecule has 23 heavy (non-hydrogen) atoms. The van der Waals surface area contributed by atoms with Gasteiger partial charge in [0.1, 0.15) is 5.75 Å². The standard InChI is InChI=1S/C15H10Cl3NO4/c1-23-8-2-3-10(16)9(6-8)14(20)19-13-11(17)4-7(15(21)22)5-12(13)18/h2-6H,1H3,(H,19,20)(H,21,22). The molecule has 2 aromatic carbocycles. The minimum Gasteiger partial charge on any atom is -0.497 e. The Kier molecular flexibility index (Phi) is 5.36.